The zero-order valence-corrected chi connectivity index (χ0v) is 15.9. The molecule has 2 aromatic rings. The van der Waals surface area contributed by atoms with Gasteiger partial charge in [0.05, 0.1) is 16.0 Å². The summed E-state index contributed by atoms with van der Waals surface area (Å²) in [5.74, 6) is 0.126. The highest BCUT2D eigenvalue weighted by atomic mass is 16.6. The highest BCUT2D eigenvalue weighted by molar-refractivity contribution is 6.05. The predicted octanol–water partition coefficient (Wildman–Crippen LogP) is 3.62. The Kier molecular flexibility index (Phi) is 5.04. The topological polar surface area (TPSA) is 102 Å². The average Bonchev–Trinajstić information content (AvgIpc) is 2.76. The van der Waals surface area contributed by atoms with Crippen LogP contribution in [0.15, 0.2) is 42.5 Å². The monoisotopic (exact) mass is 383 g/mol. The van der Waals surface area contributed by atoms with Crippen LogP contribution in [0.3, 0.4) is 0 Å². The molecule has 1 aliphatic rings. The van der Waals surface area contributed by atoms with Gasteiger partial charge >= 0.3 is 0 Å². The van der Waals surface area contributed by atoms with Crippen LogP contribution in [0.25, 0.3) is 0 Å². The fourth-order valence-electron chi connectivity index (χ4n) is 2.97. The molecule has 0 saturated carbocycles. The van der Waals surface area contributed by atoms with Gasteiger partial charge in [-0.05, 0) is 51.1 Å². The summed E-state index contributed by atoms with van der Waals surface area (Å²) in [7, 11) is 0. The number of nitrogens with one attached hydrogen (secondary N) is 1. The number of carbonyl (C=O) groups is 2. The van der Waals surface area contributed by atoms with E-state index in [4.69, 9.17) is 4.74 Å². The summed E-state index contributed by atoms with van der Waals surface area (Å²) in [6.45, 7) is 6.29. The van der Waals surface area contributed by atoms with E-state index in [-0.39, 0.29) is 18.2 Å². The molecule has 0 fully saturated rings. The van der Waals surface area contributed by atoms with Crippen molar-refractivity contribution < 1.29 is 19.2 Å². The van der Waals surface area contributed by atoms with Crippen molar-refractivity contribution in [3.8, 4) is 5.75 Å². The number of nitrogens with zero attached hydrogens (tertiary/aromatic N) is 2. The van der Waals surface area contributed by atoms with Gasteiger partial charge in [-0.15, -0.1) is 0 Å². The van der Waals surface area contributed by atoms with Crippen LogP contribution in [-0.2, 0) is 4.79 Å². The Bertz CT molecular complexity index is 937. The Morgan fingerprint density at radius 1 is 1.25 bits per heavy atom. The number of non-ortho nitro benzene ring substituents is 1. The number of hydrogen-bond acceptors (Lipinski definition) is 5. The van der Waals surface area contributed by atoms with E-state index in [2.05, 4.69) is 5.32 Å². The summed E-state index contributed by atoms with van der Waals surface area (Å²) in [5, 5.41) is 13.5. The van der Waals surface area contributed by atoms with Crippen LogP contribution in [0.2, 0.25) is 0 Å². The molecule has 0 saturated heterocycles. The maximum atomic E-state index is 12.8. The second-order valence-corrected chi connectivity index (χ2v) is 7.16. The van der Waals surface area contributed by atoms with E-state index in [1.807, 2.05) is 20.8 Å². The zero-order valence-electron chi connectivity index (χ0n) is 15.9. The maximum absolute atomic E-state index is 12.8. The smallest absolute Gasteiger partial charge is 0.269 e. The van der Waals surface area contributed by atoms with Gasteiger partial charge in [-0.1, -0.05) is 0 Å². The molecule has 0 radical (unpaired) electrons. The number of hydrogen-bond donors (Lipinski definition) is 1. The molecule has 0 atom stereocenters. The lowest BCUT2D eigenvalue weighted by Crippen LogP contribution is -2.42. The summed E-state index contributed by atoms with van der Waals surface area (Å²) in [4.78, 5) is 37.1. The maximum Gasteiger partial charge on any atom is 0.269 e. The van der Waals surface area contributed by atoms with Gasteiger partial charge in [0.1, 0.15) is 12.4 Å². The zero-order chi connectivity index (χ0) is 20.5. The first-order chi connectivity index (χ1) is 13.2. The molecule has 3 rings (SSSR count). The Morgan fingerprint density at radius 3 is 2.54 bits per heavy atom. The molecule has 2 aromatic carbocycles. The second kappa shape index (κ2) is 7.30. The molecule has 1 aliphatic heterocycles. The third-order valence-electron chi connectivity index (χ3n) is 4.58. The van der Waals surface area contributed by atoms with Crippen LogP contribution in [0.5, 0.6) is 5.75 Å². The summed E-state index contributed by atoms with van der Waals surface area (Å²) in [6, 6.07) is 10.5. The normalized spacial score (nSPS) is 15.2. The molecule has 0 bridgehead atoms. The standard InChI is InChI=1S/C20H21N3O5/c1-4-22-16-11-14(7-10-17(16)28-12-20(2,3)19(22)25)21-18(24)13-5-8-15(9-6-13)23(26)27/h5-11H,4,12H2,1-3H3,(H,21,24). The van der Waals surface area contributed by atoms with E-state index in [0.29, 0.717) is 29.2 Å². The number of nitro benzene ring substituents is 1. The Morgan fingerprint density at radius 2 is 1.93 bits per heavy atom. The lowest BCUT2D eigenvalue weighted by atomic mass is 9.93. The molecule has 0 aromatic heterocycles. The van der Waals surface area contributed by atoms with Gasteiger partial charge in [0.15, 0.2) is 0 Å². The third kappa shape index (κ3) is 3.66. The number of fused-ring (bicyclic) bond motifs is 1. The van der Waals surface area contributed by atoms with Gasteiger partial charge in [-0.2, -0.15) is 0 Å². The minimum Gasteiger partial charge on any atom is -0.490 e. The van der Waals surface area contributed by atoms with Crippen LogP contribution in [0.4, 0.5) is 17.1 Å². The van der Waals surface area contributed by atoms with Crippen LogP contribution >= 0.6 is 0 Å². The molecule has 2 amide bonds. The van der Waals surface area contributed by atoms with E-state index in [0.717, 1.165) is 0 Å². The minimum atomic E-state index is -0.656. The lowest BCUT2D eigenvalue weighted by Gasteiger charge is -2.27. The number of anilines is 2. The molecular formula is C20H21N3O5. The number of carbonyl (C=O) groups excluding carboxylic acids is 2. The molecule has 1 N–H and O–H groups in total. The first kappa shape index (κ1) is 19.3. The highest BCUT2D eigenvalue weighted by Crippen LogP contribution is 2.38. The van der Waals surface area contributed by atoms with Crippen LogP contribution in [0.1, 0.15) is 31.1 Å². The van der Waals surface area contributed by atoms with Crippen LogP contribution in [-0.4, -0.2) is 29.9 Å². The van der Waals surface area contributed by atoms with E-state index >= 15 is 0 Å². The van der Waals surface area contributed by atoms with Crippen LogP contribution < -0.4 is 15.0 Å². The van der Waals surface area contributed by atoms with E-state index in [9.17, 15) is 19.7 Å². The van der Waals surface area contributed by atoms with Gasteiger partial charge in [-0.3, -0.25) is 19.7 Å². The first-order valence-corrected chi connectivity index (χ1v) is 8.87. The molecular weight excluding hydrogens is 362 g/mol. The third-order valence-corrected chi connectivity index (χ3v) is 4.58. The first-order valence-electron chi connectivity index (χ1n) is 8.87. The van der Waals surface area contributed by atoms with E-state index in [1.165, 1.54) is 24.3 Å². The lowest BCUT2D eigenvalue weighted by molar-refractivity contribution is -0.384. The Labute approximate surface area is 162 Å². The van der Waals surface area contributed by atoms with E-state index in [1.54, 1.807) is 23.1 Å². The molecule has 8 heteroatoms. The number of ether oxygens (including phenoxy) is 1. The van der Waals surface area contributed by atoms with Gasteiger partial charge < -0.3 is 15.0 Å². The number of rotatable bonds is 4. The van der Waals surface area contributed by atoms with Crippen molar-refractivity contribution in [3.63, 3.8) is 0 Å². The quantitative estimate of drug-likeness (QED) is 0.642. The molecule has 0 unspecified atom stereocenters. The number of amides is 2. The van der Waals surface area contributed by atoms with Crippen molar-refractivity contribution in [3.05, 3.63) is 58.1 Å². The molecule has 0 spiro atoms. The van der Waals surface area contributed by atoms with Crippen molar-refractivity contribution in [1.29, 1.82) is 0 Å². The van der Waals surface area contributed by atoms with Crippen molar-refractivity contribution in [2.45, 2.75) is 20.8 Å². The number of benzene rings is 2. The average molecular weight is 383 g/mol. The summed E-state index contributed by atoms with van der Waals surface area (Å²) in [6.07, 6.45) is 0. The minimum absolute atomic E-state index is 0.0485. The Hall–Kier alpha value is -3.42. The predicted molar refractivity (Wildman–Crippen MR) is 105 cm³/mol. The fraction of sp³-hybridized carbons (Fsp3) is 0.300. The molecule has 0 aliphatic carbocycles. The van der Waals surface area contributed by atoms with Gasteiger partial charge in [0.2, 0.25) is 5.91 Å². The van der Waals surface area contributed by atoms with Gasteiger partial charge in [-0.25, -0.2) is 0 Å². The van der Waals surface area contributed by atoms with Crippen LogP contribution in [0, 0.1) is 15.5 Å². The highest BCUT2D eigenvalue weighted by Gasteiger charge is 2.37. The van der Waals surface area contributed by atoms with E-state index < -0.39 is 16.2 Å². The van der Waals surface area contributed by atoms with Gasteiger partial charge in [0, 0.05) is 29.9 Å². The summed E-state index contributed by atoms with van der Waals surface area (Å²) in [5.41, 5.74) is 0.646. The number of nitro groups is 1. The Balaban J connectivity index is 1.86. The molecule has 28 heavy (non-hydrogen) atoms. The largest absolute Gasteiger partial charge is 0.490 e. The second-order valence-electron chi connectivity index (χ2n) is 7.16. The summed E-state index contributed by atoms with van der Waals surface area (Å²) < 4.78 is 5.81. The molecule has 146 valence electrons. The summed E-state index contributed by atoms with van der Waals surface area (Å²) >= 11 is 0. The SMILES string of the molecule is CCN1C(=O)C(C)(C)COc2ccc(NC(=O)c3ccc([N+](=O)[O-])cc3)cc21. The molecule has 8 nitrogen and oxygen atoms in total. The van der Waals surface area contributed by atoms with Crippen molar-refractivity contribution in [2.24, 2.45) is 5.41 Å². The van der Waals surface area contributed by atoms with Crippen molar-refractivity contribution in [1.82, 2.24) is 0 Å². The van der Waals surface area contributed by atoms with Crippen molar-refractivity contribution in [2.75, 3.05) is 23.4 Å². The van der Waals surface area contributed by atoms with Gasteiger partial charge in [0.25, 0.3) is 11.6 Å². The molecule has 1 heterocycles. The fourth-order valence-corrected chi connectivity index (χ4v) is 2.97. The van der Waals surface area contributed by atoms with Crippen molar-refractivity contribution >= 4 is 28.9 Å².